The van der Waals surface area contributed by atoms with Gasteiger partial charge in [-0.3, -0.25) is 14.4 Å². The molecule has 0 amide bonds. The van der Waals surface area contributed by atoms with Crippen LogP contribution in [0.5, 0.6) is 0 Å². The van der Waals surface area contributed by atoms with Crippen LogP contribution in [0.3, 0.4) is 0 Å². The van der Waals surface area contributed by atoms with Gasteiger partial charge in [-0.15, -0.1) is 0 Å². The minimum atomic E-state index is -0.759. The second-order valence-electron chi connectivity index (χ2n) is 18.6. The van der Waals surface area contributed by atoms with E-state index in [2.05, 4.69) is 27.7 Å². The topological polar surface area (TPSA) is 78.9 Å². The Hall–Kier alpha value is -1.59. The fourth-order valence-corrected chi connectivity index (χ4v) is 8.04. The Balaban J connectivity index is 4.13. The standard InChI is InChI=1S/C53H102O6/c1-5-7-9-11-13-14-15-16-17-18-19-20-21-22-26-29-33-36-40-44-51(54)57-47-50(59-53(56)46-42-38-31-12-10-8-6-2)48-58-52(55)45-41-37-34-30-27-24-23-25-28-32-35-39-43-49(3)4/h49-50H,5-48H2,1-4H3/t50-/m0/s1. The fourth-order valence-electron chi connectivity index (χ4n) is 8.04. The lowest BCUT2D eigenvalue weighted by molar-refractivity contribution is -0.167. The average Bonchev–Trinajstić information content (AvgIpc) is 3.22. The molecular formula is C53H102O6. The highest BCUT2D eigenvalue weighted by molar-refractivity contribution is 5.71. The normalized spacial score (nSPS) is 11.9. The molecule has 59 heavy (non-hydrogen) atoms. The van der Waals surface area contributed by atoms with Gasteiger partial charge in [0.1, 0.15) is 13.2 Å². The van der Waals surface area contributed by atoms with Gasteiger partial charge in [0, 0.05) is 19.3 Å². The summed E-state index contributed by atoms with van der Waals surface area (Å²) in [6.45, 7) is 8.99. The van der Waals surface area contributed by atoms with E-state index in [0.717, 1.165) is 63.7 Å². The van der Waals surface area contributed by atoms with E-state index < -0.39 is 6.10 Å². The van der Waals surface area contributed by atoms with Gasteiger partial charge in [0.15, 0.2) is 6.10 Å². The lowest BCUT2D eigenvalue weighted by Crippen LogP contribution is -2.30. The Morgan fingerprint density at radius 2 is 0.559 bits per heavy atom. The maximum absolute atomic E-state index is 12.7. The van der Waals surface area contributed by atoms with Crippen molar-refractivity contribution >= 4 is 17.9 Å². The van der Waals surface area contributed by atoms with Crippen molar-refractivity contribution in [3.63, 3.8) is 0 Å². The maximum Gasteiger partial charge on any atom is 0.306 e. The largest absolute Gasteiger partial charge is 0.462 e. The maximum atomic E-state index is 12.7. The summed E-state index contributed by atoms with van der Waals surface area (Å²) in [5, 5.41) is 0. The van der Waals surface area contributed by atoms with Crippen molar-refractivity contribution in [1.82, 2.24) is 0 Å². The Morgan fingerprint density at radius 3 is 0.831 bits per heavy atom. The molecule has 0 N–H and O–H groups in total. The van der Waals surface area contributed by atoms with Crippen LogP contribution in [0.4, 0.5) is 0 Å². The molecule has 0 spiro atoms. The molecule has 0 unspecified atom stereocenters. The van der Waals surface area contributed by atoms with Crippen LogP contribution < -0.4 is 0 Å². The van der Waals surface area contributed by atoms with E-state index in [0.29, 0.717) is 19.3 Å². The molecule has 0 saturated carbocycles. The molecule has 350 valence electrons. The summed E-state index contributed by atoms with van der Waals surface area (Å²) >= 11 is 0. The number of rotatable bonds is 48. The van der Waals surface area contributed by atoms with Crippen molar-refractivity contribution in [3.8, 4) is 0 Å². The molecule has 0 bridgehead atoms. The number of carbonyl (C=O) groups is 3. The third-order valence-corrected chi connectivity index (χ3v) is 12.0. The van der Waals surface area contributed by atoms with Gasteiger partial charge in [-0.1, -0.05) is 259 Å². The summed E-state index contributed by atoms with van der Waals surface area (Å²) in [5.41, 5.74) is 0. The zero-order valence-corrected chi connectivity index (χ0v) is 40.2. The molecule has 0 rings (SSSR count). The molecule has 0 radical (unpaired) electrons. The quantitative estimate of drug-likeness (QED) is 0.0345. The fraction of sp³-hybridized carbons (Fsp3) is 0.943. The first-order chi connectivity index (χ1) is 28.9. The van der Waals surface area contributed by atoms with Crippen LogP contribution in [0.25, 0.3) is 0 Å². The lowest BCUT2D eigenvalue weighted by atomic mass is 10.0. The second-order valence-corrected chi connectivity index (χ2v) is 18.6. The number of hydrogen-bond acceptors (Lipinski definition) is 6. The second kappa shape index (κ2) is 47.5. The molecule has 6 nitrogen and oxygen atoms in total. The molecule has 0 aromatic carbocycles. The van der Waals surface area contributed by atoms with Gasteiger partial charge < -0.3 is 14.2 Å². The van der Waals surface area contributed by atoms with E-state index in [4.69, 9.17) is 14.2 Å². The van der Waals surface area contributed by atoms with Crippen LogP contribution in [0.15, 0.2) is 0 Å². The van der Waals surface area contributed by atoms with Gasteiger partial charge in [0.25, 0.3) is 0 Å². The average molecular weight is 835 g/mol. The minimum Gasteiger partial charge on any atom is -0.462 e. The third-order valence-electron chi connectivity index (χ3n) is 12.0. The van der Waals surface area contributed by atoms with Crippen LogP contribution in [-0.2, 0) is 28.6 Å². The number of ether oxygens (including phenoxy) is 3. The van der Waals surface area contributed by atoms with E-state index in [1.165, 1.54) is 193 Å². The smallest absolute Gasteiger partial charge is 0.306 e. The highest BCUT2D eigenvalue weighted by Crippen LogP contribution is 2.17. The van der Waals surface area contributed by atoms with Crippen LogP contribution in [0.2, 0.25) is 0 Å². The molecular weight excluding hydrogens is 733 g/mol. The van der Waals surface area contributed by atoms with Crippen LogP contribution in [-0.4, -0.2) is 37.2 Å². The predicted molar refractivity (Wildman–Crippen MR) is 252 cm³/mol. The van der Waals surface area contributed by atoms with Gasteiger partial charge in [0.2, 0.25) is 0 Å². The Labute approximate surface area is 368 Å². The SMILES string of the molecule is CCCCCCCCCCCCCCCCCCCCCC(=O)OC[C@@H](COC(=O)CCCCCCCCCCCCCCC(C)C)OC(=O)CCCCCCCCC. The summed E-state index contributed by atoms with van der Waals surface area (Å²) in [4.78, 5) is 37.8. The predicted octanol–water partition coefficient (Wildman–Crippen LogP) is 17.1. The zero-order chi connectivity index (χ0) is 43.1. The molecule has 0 heterocycles. The third kappa shape index (κ3) is 47.3. The first-order valence-electron chi connectivity index (χ1n) is 26.4. The first kappa shape index (κ1) is 57.4. The van der Waals surface area contributed by atoms with Gasteiger partial charge in [0.05, 0.1) is 0 Å². The minimum absolute atomic E-state index is 0.0634. The van der Waals surface area contributed by atoms with Crippen molar-refractivity contribution in [3.05, 3.63) is 0 Å². The lowest BCUT2D eigenvalue weighted by Gasteiger charge is -2.18. The van der Waals surface area contributed by atoms with Crippen molar-refractivity contribution in [1.29, 1.82) is 0 Å². The van der Waals surface area contributed by atoms with Gasteiger partial charge in [-0.2, -0.15) is 0 Å². The van der Waals surface area contributed by atoms with E-state index in [1.807, 2.05) is 0 Å². The van der Waals surface area contributed by atoms with Crippen molar-refractivity contribution < 1.29 is 28.6 Å². The molecule has 1 atom stereocenters. The summed E-state index contributed by atoms with van der Waals surface area (Å²) in [7, 11) is 0. The molecule has 0 aromatic heterocycles. The van der Waals surface area contributed by atoms with Crippen LogP contribution in [0, 0.1) is 5.92 Å². The van der Waals surface area contributed by atoms with E-state index in [9.17, 15) is 14.4 Å². The monoisotopic (exact) mass is 835 g/mol. The summed E-state index contributed by atoms with van der Waals surface area (Å²) in [6.07, 6.45) is 49.7. The van der Waals surface area contributed by atoms with Crippen molar-refractivity contribution in [2.24, 2.45) is 5.92 Å². The van der Waals surface area contributed by atoms with Crippen LogP contribution >= 0.6 is 0 Å². The Morgan fingerprint density at radius 1 is 0.322 bits per heavy atom. The van der Waals surface area contributed by atoms with Crippen molar-refractivity contribution in [2.45, 2.75) is 303 Å². The number of carbonyl (C=O) groups excluding carboxylic acids is 3. The Bertz CT molecular complexity index is 887. The summed E-state index contributed by atoms with van der Waals surface area (Å²) in [6, 6.07) is 0. The highest BCUT2D eigenvalue weighted by atomic mass is 16.6. The van der Waals surface area contributed by atoms with E-state index in [-0.39, 0.29) is 31.1 Å². The van der Waals surface area contributed by atoms with Crippen LogP contribution in [0.1, 0.15) is 297 Å². The number of hydrogen-bond donors (Lipinski definition) is 0. The van der Waals surface area contributed by atoms with E-state index >= 15 is 0 Å². The van der Waals surface area contributed by atoms with Gasteiger partial charge >= 0.3 is 17.9 Å². The molecule has 6 heteroatoms. The highest BCUT2D eigenvalue weighted by Gasteiger charge is 2.19. The zero-order valence-electron chi connectivity index (χ0n) is 40.2. The molecule has 0 aromatic rings. The van der Waals surface area contributed by atoms with Gasteiger partial charge in [-0.25, -0.2) is 0 Å². The molecule has 0 fully saturated rings. The molecule has 0 saturated heterocycles. The first-order valence-corrected chi connectivity index (χ1v) is 26.4. The Kier molecular flexibility index (Phi) is 46.2. The molecule has 0 aliphatic carbocycles. The van der Waals surface area contributed by atoms with Crippen molar-refractivity contribution in [2.75, 3.05) is 13.2 Å². The number of unbranched alkanes of at least 4 members (excludes halogenated alkanes) is 35. The summed E-state index contributed by atoms with van der Waals surface area (Å²) in [5.74, 6) is -0.0174. The summed E-state index contributed by atoms with van der Waals surface area (Å²) < 4.78 is 16.7. The molecule has 0 aliphatic rings. The van der Waals surface area contributed by atoms with E-state index in [1.54, 1.807) is 0 Å². The number of esters is 3. The molecule has 0 aliphatic heterocycles. The van der Waals surface area contributed by atoms with Gasteiger partial charge in [-0.05, 0) is 25.2 Å².